The SMILES string of the molecule is N#CC1CN(S(=O)(=O)N2[C@@H]3CCC[C@H]2C[C@H](Nc2nc(Nc4nnc(CO)s4)cc4[nH]ccc24)C3)C1. The van der Waals surface area contributed by atoms with E-state index in [0.717, 1.165) is 36.0 Å². The normalized spacial score (nSPS) is 25.4. The summed E-state index contributed by atoms with van der Waals surface area (Å²) in [6.45, 7) is 0.419. The number of aliphatic hydroxyl groups is 1. The minimum atomic E-state index is -3.56. The van der Waals surface area contributed by atoms with Crippen molar-refractivity contribution in [2.45, 2.75) is 56.8 Å². The number of anilines is 3. The van der Waals surface area contributed by atoms with E-state index in [4.69, 9.17) is 10.2 Å². The van der Waals surface area contributed by atoms with Gasteiger partial charge in [0.1, 0.15) is 16.6 Å². The summed E-state index contributed by atoms with van der Waals surface area (Å²) < 4.78 is 29.9. The fourth-order valence-corrected chi connectivity index (χ4v) is 8.32. The first-order valence-electron chi connectivity index (χ1n) is 12.1. The molecule has 0 radical (unpaired) electrons. The summed E-state index contributed by atoms with van der Waals surface area (Å²) in [6, 6.07) is 5.97. The van der Waals surface area contributed by atoms with E-state index in [2.05, 4.69) is 31.9 Å². The van der Waals surface area contributed by atoms with Crippen LogP contribution in [0.5, 0.6) is 0 Å². The van der Waals surface area contributed by atoms with Crippen LogP contribution in [0, 0.1) is 17.2 Å². The molecule has 0 aromatic carbocycles. The highest BCUT2D eigenvalue weighted by atomic mass is 32.2. The van der Waals surface area contributed by atoms with E-state index in [1.807, 2.05) is 18.3 Å². The van der Waals surface area contributed by atoms with Crippen molar-refractivity contribution in [3.8, 4) is 6.07 Å². The van der Waals surface area contributed by atoms with E-state index in [0.29, 0.717) is 41.9 Å². The number of aliphatic hydroxyl groups excluding tert-OH is 1. The predicted octanol–water partition coefficient (Wildman–Crippen LogP) is 2.15. The predicted molar refractivity (Wildman–Crippen MR) is 135 cm³/mol. The lowest BCUT2D eigenvalue weighted by Gasteiger charge is -2.50. The van der Waals surface area contributed by atoms with Crippen LogP contribution in [0.2, 0.25) is 0 Å². The molecule has 3 aliphatic rings. The zero-order valence-electron chi connectivity index (χ0n) is 19.5. The molecule has 190 valence electrons. The second-order valence-corrected chi connectivity index (χ2v) is 12.5. The van der Waals surface area contributed by atoms with Gasteiger partial charge in [-0.1, -0.05) is 17.8 Å². The number of aromatic nitrogens is 4. The number of pyridine rings is 1. The van der Waals surface area contributed by atoms with Crippen LogP contribution in [-0.4, -0.2) is 73.5 Å². The minimum absolute atomic E-state index is 0.0672. The Kier molecular flexibility index (Phi) is 6.05. The van der Waals surface area contributed by atoms with Crippen LogP contribution in [0.15, 0.2) is 18.3 Å². The standard InChI is InChI=1S/C22H27N9O3S2/c23-9-13-10-30(11-13)36(33,34)31-15-2-1-3-16(31)7-14(6-15)25-21-17-4-5-24-18(17)8-19(26-21)27-22-29-28-20(12-32)35-22/h4-5,8,13-16,24,32H,1-3,6-7,10-12H2,(H2,25,26,27,29)/t14-,15-,16+. The molecule has 3 fully saturated rings. The van der Waals surface area contributed by atoms with Crippen LogP contribution < -0.4 is 10.6 Å². The lowest BCUT2D eigenvalue weighted by atomic mass is 9.84. The molecule has 2 bridgehead atoms. The number of nitriles is 1. The van der Waals surface area contributed by atoms with E-state index in [1.54, 1.807) is 4.31 Å². The molecule has 0 spiro atoms. The van der Waals surface area contributed by atoms with E-state index >= 15 is 0 Å². The molecule has 0 saturated carbocycles. The van der Waals surface area contributed by atoms with Gasteiger partial charge in [-0.05, 0) is 31.7 Å². The topological polar surface area (TPSA) is 163 Å². The summed E-state index contributed by atoms with van der Waals surface area (Å²) in [6.07, 6.45) is 5.96. The molecule has 3 aliphatic heterocycles. The van der Waals surface area contributed by atoms with Crippen LogP contribution in [0.25, 0.3) is 10.9 Å². The van der Waals surface area contributed by atoms with Gasteiger partial charge in [-0.15, -0.1) is 10.2 Å². The van der Waals surface area contributed by atoms with Crippen LogP contribution >= 0.6 is 11.3 Å². The Balaban J connectivity index is 1.21. The van der Waals surface area contributed by atoms with Gasteiger partial charge in [-0.2, -0.15) is 22.3 Å². The first kappa shape index (κ1) is 23.6. The zero-order valence-corrected chi connectivity index (χ0v) is 21.1. The third-order valence-electron chi connectivity index (χ3n) is 7.26. The Morgan fingerprint density at radius 1 is 1.25 bits per heavy atom. The number of hydrogen-bond donors (Lipinski definition) is 4. The first-order valence-corrected chi connectivity index (χ1v) is 14.3. The number of fused-ring (bicyclic) bond motifs is 3. The average molecular weight is 530 g/mol. The third kappa shape index (κ3) is 4.20. The van der Waals surface area contributed by atoms with Gasteiger partial charge in [0.25, 0.3) is 10.2 Å². The Morgan fingerprint density at radius 3 is 2.72 bits per heavy atom. The summed E-state index contributed by atoms with van der Waals surface area (Å²) in [5, 5.41) is 35.1. The molecule has 0 unspecified atom stereocenters. The maximum atomic E-state index is 13.4. The monoisotopic (exact) mass is 529 g/mol. The van der Waals surface area contributed by atoms with Gasteiger partial charge < -0.3 is 20.7 Å². The number of H-pyrrole nitrogens is 1. The molecule has 36 heavy (non-hydrogen) atoms. The highest BCUT2D eigenvalue weighted by Gasteiger charge is 2.49. The molecule has 3 aromatic rings. The number of rotatable bonds is 7. The van der Waals surface area contributed by atoms with Crippen LogP contribution in [-0.2, 0) is 16.8 Å². The van der Waals surface area contributed by atoms with Gasteiger partial charge in [0.15, 0.2) is 0 Å². The third-order valence-corrected chi connectivity index (χ3v) is 10.2. The van der Waals surface area contributed by atoms with Gasteiger partial charge in [-0.3, -0.25) is 0 Å². The molecule has 3 aromatic heterocycles. The summed E-state index contributed by atoms with van der Waals surface area (Å²) in [5.41, 5.74) is 0.909. The van der Waals surface area contributed by atoms with Gasteiger partial charge in [-0.25, -0.2) is 4.98 Å². The molecular formula is C22H27N9O3S2. The highest BCUT2D eigenvalue weighted by molar-refractivity contribution is 7.86. The van der Waals surface area contributed by atoms with E-state index in [1.165, 1.54) is 15.6 Å². The summed E-state index contributed by atoms with van der Waals surface area (Å²) in [7, 11) is -3.56. The molecular weight excluding hydrogens is 502 g/mol. The molecule has 0 amide bonds. The van der Waals surface area contributed by atoms with Crippen molar-refractivity contribution < 1.29 is 13.5 Å². The molecule has 3 atom stereocenters. The van der Waals surface area contributed by atoms with Crippen LogP contribution in [0.1, 0.15) is 37.1 Å². The number of nitrogens with one attached hydrogen (secondary N) is 3. The summed E-state index contributed by atoms with van der Waals surface area (Å²) in [5.74, 6) is 1.12. The second-order valence-electron chi connectivity index (χ2n) is 9.61. The number of piperidine rings is 2. The Hall–Kier alpha value is -2.83. The van der Waals surface area contributed by atoms with Gasteiger partial charge in [0.05, 0.1) is 24.1 Å². The number of nitrogens with zero attached hydrogens (tertiary/aromatic N) is 6. The van der Waals surface area contributed by atoms with Crippen LogP contribution in [0.4, 0.5) is 16.8 Å². The lowest BCUT2D eigenvalue weighted by Crippen LogP contribution is -2.63. The van der Waals surface area contributed by atoms with E-state index < -0.39 is 10.2 Å². The van der Waals surface area contributed by atoms with Gasteiger partial charge in [0.2, 0.25) is 5.13 Å². The summed E-state index contributed by atoms with van der Waals surface area (Å²) in [4.78, 5) is 8.02. The Labute approximate surface area is 212 Å². The lowest BCUT2D eigenvalue weighted by molar-refractivity contribution is 0.0984. The van der Waals surface area contributed by atoms with Crippen molar-refractivity contribution in [1.82, 2.24) is 28.8 Å². The van der Waals surface area contributed by atoms with Crippen LogP contribution in [0.3, 0.4) is 0 Å². The maximum absolute atomic E-state index is 13.4. The van der Waals surface area contributed by atoms with Crippen molar-refractivity contribution in [2.24, 2.45) is 5.92 Å². The van der Waals surface area contributed by atoms with Crippen molar-refractivity contribution in [3.63, 3.8) is 0 Å². The largest absolute Gasteiger partial charge is 0.389 e. The van der Waals surface area contributed by atoms with Crippen molar-refractivity contribution >= 4 is 49.2 Å². The van der Waals surface area contributed by atoms with Crippen molar-refractivity contribution in [1.29, 1.82) is 5.26 Å². The Morgan fingerprint density at radius 2 is 2.03 bits per heavy atom. The molecule has 12 nitrogen and oxygen atoms in total. The quantitative estimate of drug-likeness (QED) is 0.359. The molecule has 4 N–H and O–H groups in total. The van der Waals surface area contributed by atoms with Gasteiger partial charge >= 0.3 is 0 Å². The smallest absolute Gasteiger partial charge is 0.282 e. The fourth-order valence-electron chi connectivity index (χ4n) is 5.58. The minimum Gasteiger partial charge on any atom is -0.389 e. The fraction of sp³-hybridized carbons (Fsp3) is 0.545. The average Bonchev–Trinajstić information content (AvgIpc) is 3.47. The highest BCUT2D eigenvalue weighted by Crippen LogP contribution is 2.40. The number of hydrogen-bond acceptors (Lipinski definition) is 10. The molecule has 6 heterocycles. The molecule has 3 saturated heterocycles. The van der Waals surface area contributed by atoms with E-state index in [-0.39, 0.29) is 30.7 Å². The molecule has 14 heteroatoms. The van der Waals surface area contributed by atoms with E-state index in [9.17, 15) is 13.5 Å². The maximum Gasteiger partial charge on any atom is 0.282 e. The second kappa shape index (κ2) is 9.24. The summed E-state index contributed by atoms with van der Waals surface area (Å²) >= 11 is 1.26. The molecule has 0 aliphatic carbocycles. The molecule has 6 rings (SSSR count). The van der Waals surface area contributed by atoms with Crippen molar-refractivity contribution in [3.05, 3.63) is 23.3 Å². The Bertz CT molecular complexity index is 1400. The zero-order chi connectivity index (χ0) is 24.9. The van der Waals surface area contributed by atoms with Crippen molar-refractivity contribution in [2.75, 3.05) is 23.7 Å². The number of aromatic amines is 1. The van der Waals surface area contributed by atoms with Gasteiger partial charge in [0, 0.05) is 48.9 Å². The first-order chi connectivity index (χ1) is 17.4.